The number of rotatable bonds is 4. The molecule has 0 atom stereocenters. The van der Waals surface area contributed by atoms with E-state index in [9.17, 15) is 28.0 Å². The first-order valence-corrected chi connectivity index (χ1v) is 12.2. The fourth-order valence-corrected chi connectivity index (χ4v) is 5.14. The number of alkyl halides is 3. The van der Waals surface area contributed by atoms with Crippen LogP contribution in [-0.4, -0.2) is 18.9 Å². The summed E-state index contributed by atoms with van der Waals surface area (Å²) in [5.74, 6) is 0. The maximum absolute atomic E-state index is 14.0. The van der Waals surface area contributed by atoms with Gasteiger partial charge in [-0.25, -0.2) is 14.3 Å². The summed E-state index contributed by atoms with van der Waals surface area (Å²) in [6, 6.07) is 12.3. The van der Waals surface area contributed by atoms with Crippen molar-refractivity contribution in [2.45, 2.75) is 44.8 Å². The summed E-state index contributed by atoms with van der Waals surface area (Å²) < 4.78 is 44.3. The summed E-state index contributed by atoms with van der Waals surface area (Å²) in [6.45, 7) is 8.65. The molecule has 0 radical (unpaired) electrons. The van der Waals surface area contributed by atoms with Crippen LogP contribution in [0.15, 0.2) is 64.3 Å². The van der Waals surface area contributed by atoms with E-state index in [0.717, 1.165) is 34.1 Å². The highest BCUT2D eigenvalue weighted by molar-refractivity contribution is 5.71. The second-order valence-corrected chi connectivity index (χ2v) is 9.30. The van der Waals surface area contributed by atoms with E-state index in [1.54, 1.807) is 24.3 Å². The Hall–Kier alpha value is -4.90. The number of nitrogens with zero attached hydrogens (tertiary/aromatic N) is 6. The number of nitriles is 1. The van der Waals surface area contributed by atoms with Crippen molar-refractivity contribution in [1.29, 1.82) is 5.26 Å². The number of hydrogen-bond acceptors (Lipinski definition) is 4. The fourth-order valence-electron chi connectivity index (χ4n) is 5.14. The summed E-state index contributed by atoms with van der Waals surface area (Å²) in [7, 11) is 0. The summed E-state index contributed by atoms with van der Waals surface area (Å²) >= 11 is 0. The van der Waals surface area contributed by atoms with Crippen LogP contribution in [0.25, 0.3) is 27.5 Å². The monoisotopic (exact) mass is 530 g/mol. The van der Waals surface area contributed by atoms with Gasteiger partial charge in [-0.15, -0.1) is 0 Å². The maximum Gasteiger partial charge on any atom is 0.416 e. The average Bonchev–Trinajstić information content (AvgIpc) is 3.59. The molecule has 2 aromatic carbocycles. The van der Waals surface area contributed by atoms with Crippen LogP contribution < -0.4 is 11.2 Å². The molecule has 1 saturated carbocycles. The van der Waals surface area contributed by atoms with Crippen molar-refractivity contribution in [3.63, 3.8) is 0 Å². The Morgan fingerprint density at radius 3 is 2.38 bits per heavy atom. The summed E-state index contributed by atoms with van der Waals surface area (Å²) in [6.07, 6.45) is -0.599. The highest BCUT2D eigenvalue weighted by Crippen LogP contribution is 2.33. The van der Waals surface area contributed by atoms with Crippen LogP contribution in [-0.2, 0) is 6.18 Å². The molecular weight excluding hydrogens is 509 g/mol. The van der Waals surface area contributed by atoms with E-state index in [1.165, 1.54) is 29.9 Å². The smallest absolute Gasteiger partial charge is 0.268 e. The Bertz CT molecular complexity index is 1780. The predicted molar refractivity (Wildman–Crippen MR) is 137 cm³/mol. The average molecular weight is 531 g/mol. The molecule has 0 amide bonds. The van der Waals surface area contributed by atoms with E-state index in [4.69, 9.17) is 6.57 Å². The molecule has 0 N–H and O–H groups in total. The lowest BCUT2D eigenvalue weighted by atomic mass is 10.1. The molecular formula is C28H21F3N6O2. The summed E-state index contributed by atoms with van der Waals surface area (Å²) in [5.41, 5.74) is -1.29. The normalized spacial score (nSPS) is 13.8. The molecule has 0 spiro atoms. The highest BCUT2D eigenvalue weighted by Gasteiger charge is 2.32. The highest BCUT2D eigenvalue weighted by atomic mass is 19.4. The van der Waals surface area contributed by atoms with E-state index in [1.807, 2.05) is 6.07 Å². The molecule has 2 aromatic heterocycles. The molecule has 0 bridgehead atoms. The lowest BCUT2D eigenvalue weighted by Gasteiger charge is -2.21. The summed E-state index contributed by atoms with van der Waals surface area (Å²) in [4.78, 5) is 31.2. The zero-order valence-corrected chi connectivity index (χ0v) is 20.7. The van der Waals surface area contributed by atoms with Crippen molar-refractivity contribution in [2.24, 2.45) is 0 Å². The van der Waals surface area contributed by atoms with Crippen molar-refractivity contribution in [3.05, 3.63) is 104 Å². The van der Waals surface area contributed by atoms with E-state index in [0.29, 0.717) is 24.2 Å². The van der Waals surface area contributed by atoms with Crippen LogP contribution in [0.3, 0.4) is 0 Å². The Morgan fingerprint density at radius 2 is 1.77 bits per heavy atom. The first-order valence-electron chi connectivity index (χ1n) is 12.2. The molecule has 1 aliphatic rings. The third-order valence-electron chi connectivity index (χ3n) is 7.00. The molecule has 196 valence electrons. The van der Waals surface area contributed by atoms with Crippen LogP contribution in [0.1, 0.15) is 48.5 Å². The van der Waals surface area contributed by atoms with E-state index >= 15 is 0 Å². The third-order valence-corrected chi connectivity index (χ3v) is 7.00. The number of hydrogen-bond donors (Lipinski definition) is 0. The molecule has 5 rings (SSSR count). The van der Waals surface area contributed by atoms with E-state index < -0.39 is 29.0 Å². The Labute approximate surface area is 220 Å². The fraction of sp³-hybridized carbons (Fsp3) is 0.250. The molecule has 39 heavy (non-hydrogen) atoms. The van der Waals surface area contributed by atoms with Crippen LogP contribution in [0.4, 0.5) is 18.9 Å². The first kappa shape index (κ1) is 25.7. The minimum Gasteiger partial charge on any atom is -0.268 e. The molecule has 0 saturated heterocycles. The van der Waals surface area contributed by atoms with Crippen LogP contribution in [0.2, 0.25) is 0 Å². The molecule has 1 fully saturated rings. The SMILES string of the molecule is [C-]#[N+]c1ccc(-n2ncc(C#N)c2-c2c(C)n(-c3cccc(C(F)(F)F)c3)c(=O)n(C3CCCC3)c2=O)cc1. The molecule has 11 heteroatoms. The van der Waals surface area contributed by atoms with Gasteiger partial charge in [-0.05, 0) is 50.1 Å². The molecule has 0 unspecified atom stereocenters. The predicted octanol–water partition coefficient (Wildman–Crippen LogP) is 5.72. The Kier molecular flexibility index (Phi) is 6.44. The van der Waals surface area contributed by atoms with Gasteiger partial charge in [0.05, 0.1) is 46.5 Å². The third kappa shape index (κ3) is 4.42. The number of aromatic nitrogens is 4. The minimum atomic E-state index is -4.64. The summed E-state index contributed by atoms with van der Waals surface area (Å²) in [5, 5.41) is 14.2. The Balaban J connectivity index is 1.86. The first-order chi connectivity index (χ1) is 18.7. The minimum absolute atomic E-state index is 0.0118. The van der Waals surface area contributed by atoms with Crippen molar-refractivity contribution in [1.82, 2.24) is 18.9 Å². The van der Waals surface area contributed by atoms with Crippen molar-refractivity contribution >= 4 is 5.69 Å². The lowest BCUT2D eigenvalue weighted by Crippen LogP contribution is -2.43. The molecule has 0 aliphatic heterocycles. The second-order valence-electron chi connectivity index (χ2n) is 9.30. The van der Waals surface area contributed by atoms with Gasteiger partial charge in [0.15, 0.2) is 5.69 Å². The van der Waals surface area contributed by atoms with Gasteiger partial charge in [0, 0.05) is 11.7 Å². The van der Waals surface area contributed by atoms with Crippen LogP contribution in [0, 0.1) is 24.8 Å². The lowest BCUT2D eigenvalue weighted by molar-refractivity contribution is -0.137. The van der Waals surface area contributed by atoms with Crippen molar-refractivity contribution < 1.29 is 13.2 Å². The Morgan fingerprint density at radius 1 is 1.08 bits per heavy atom. The topological polar surface area (TPSA) is 90.0 Å². The van der Waals surface area contributed by atoms with E-state index in [-0.39, 0.29) is 28.2 Å². The van der Waals surface area contributed by atoms with Gasteiger partial charge in [-0.2, -0.15) is 23.5 Å². The van der Waals surface area contributed by atoms with Crippen molar-refractivity contribution in [3.8, 4) is 28.7 Å². The zero-order valence-electron chi connectivity index (χ0n) is 20.7. The molecule has 8 nitrogen and oxygen atoms in total. The molecule has 1 aliphatic carbocycles. The molecule has 4 aromatic rings. The quantitative estimate of drug-likeness (QED) is 0.316. The van der Waals surface area contributed by atoms with Crippen molar-refractivity contribution in [2.75, 3.05) is 0 Å². The van der Waals surface area contributed by atoms with Crippen LogP contribution in [0.5, 0.6) is 0 Å². The van der Waals surface area contributed by atoms with Gasteiger partial charge in [-0.1, -0.05) is 31.0 Å². The van der Waals surface area contributed by atoms with Gasteiger partial charge in [0.1, 0.15) is 6.07 Å². The second kappa shape index (κ2) is 9.76. The van der Waals surface area contributed by atoms with Gasteiger partial charge in [0.2, 0.25) is 0 Å². The number of halogens is 3. The van der Waals surface area contributed by atoms with E-state index in [2.05, 4.69) is 9.94 Å². The van der Waals surface area contributed by atoms with Gasteiger partial charge in [0.25, 0.3) is 5.56 Å². The zero-order chi connectivity index (χ0) is 27.9. The molecule has 2 heterocycles. The maximum atomic E-state index is 14.0. The standard InChI is InChI=1S/C28H21F3N6O2/c1-17-24(25-18(15-32)16-34-37(25)22-12-10-20(33-2)11-13-22)26(38)36(21-7-3-4-8-21)27(39)35(17)23-9-5-6-19(14-23)28(29,30)31/h5-6,9-14,16,21H,3-4,7-8H2,1H3. The van der Waals surface area contributed by atoms with Gasteiger partial charge < -0.3 is 0 Å². The van der Waals surface area contributed by atoms with Gasteiger partial charge >= 0.3 is 11.9 Å². The largest absolute Gasteiger partial charge is 0.416 e. The number of benzene rings is 2. The van der Waals surface area contributed by atoms with Crippen LogP contribution >= 0.6 is 0 Å². The van der Waals surface area contributed by atoms with Gasteiger partial charge in [-0.3, -0.25) is 13.9 Å².